The predicted molar refractivity (Wildman–Crippen MR) is 78.5 cm³/mol. The maximum absolute atomic E-state index is 11.4. The van der Waals surface area contributed by atoms with Crippen molar-refractivity contribution < 1.29 is 9.53 Å². The van der Waals surface area contributed by atoms with Crippen LogP contribution < -0.4 is 10.9 Å². The van der Waals surface area contributed by atoms with Crippen LogP contribution in [0.15, 0.2) is 53.3 Å². The van der Waals surface area contributed by atoms with Crippen LogP contribution in [-0.4, -0.2) is 22.8 Å². The van der Waals surface area contributed by atoms with Gasteiger partial charge in [-0.3, -0.25) is 4.79 Å². The molecule has 21 heavy (non-hydrogen) atoms. The van der Waals surface area contributed by atoms with E-state index in [-0.39, 0.29) is 12.2 Å². The molecule has 1 heterocycles. The number of alkyl carbamates (subject to hydrolysis) is 1. The maximum Gasteiger partial charge on any atom is 0.407 e. The molecule has 0 saturated heterocycles. The van der Waals surface area contributed by atoms with E-state index in [4.69, 9.17) is 4.74 Å². The van der Waals surface area contributed by atoms with Gasteiger partial charge in [0.15, 0.2) is 0 Å². The molecule has 1 aromatic carbocycles. The quantitative estimate of drug-likeness (QED) is 0.876. The van der Waals surface area contributed by atoms with Crippen LogP contribution in [0.2, 0.25) is 0 Å². The highest BCUT2D eigenvalue weighted by molar-refractivity contribution is 5.67. The van der Waals surface area contributed by atoms with Crippen LogP contribution in [0.25, 0.3) is 6.08 Å². The van der Waals surface area contributed by atoms with Crippen molar-refractivity contribution in [2.24, 2.45) is 0 Å². The Morgan fingerprint density at radius 3 is 2.76 bits per heavy atom. The number of benzene rings is 1. The summed E-state index contributed by atoms with van der Waals surface area (Å²) < 4.78 is 5.05. The number of hydrogen-bond acceptors (Lipinski definition) is 4. The first-order chi connectivity index (χ1) is 10.2. The molecule has 1 amide bonds. The summed E-state index contributed by atoms with van der Waals surface area (Å²) in [5.74, 6) is 0. The number of rotatable bonds is 5. The monoisotopic (exact) mass is 285 g/mol. The van der Waals surface area contributed by atoms with Gasteiger partial charge in [0.05, 0.1) is 5.69 Å². The highest BCUT2D eigenvalue weighted by Gasteiger charge is 2.00. The lowest BCUT2D eigenvalue weighted by molar-refractivity contribution is 0.141. The lowest BCUT2D eigenvalue weighted by atomic mass is 10.2. The van der Waals surface area contributed by atoms with E-state index in [9.17, 15) is 9.59 Å². The van der Waals surface area contributed by atoms with Gasteiger partial charge in [-0.25, -0.2) is 9.89 Å². The van der Waals surface area contributed by atoms with Gasteiger partial charge in [-0.05, 0) is 17.7 Å². The molecule has 1 aromatic heterocycles. The van der Waals surface area contributed by atoms with Crippen molar-refractivity contribution in [1.82, 2.24) is 15.5 Å². The van der Waals surface area contributed by atoms with Crippen molar-refractivity contribution >= 4 is 12.2 Å². The van der Waals surface area contributed by atoms with Crippen molar-refractivity contribution in [3.05, 3.63) is 70.2 Å². The zero-order chi connectivity index (χ0) is 14.9. The molecule has 0 unspecified atom stereocenters. The summed E-state index contributed by atoms with van der Waals surface area (Å²) in [5.41, 5.74) is 1.28. The van der Waals surface area contributed by atoms with Gasteiger partial charge in [0.25, 0.3) is 5.56 Å². The van der Waals surface area contributed by atoms with E-state index in [0.717, 1.165) is 5.56 Å². The Morgan fingerprint density at radius 2 is 2.05 bits per heavy atom. The molecule has 2 N–H and O–H groups in total. The number of nitrogens with one attached hydrogen (secondary N) is 2. The first kappa shape index (κ1) is 14.5. The van der Waals surface area contributed by atoms with Crippen LogP contribution in [0.1, 0.15) is 11.3 Å². The van der Waals surface area contributed by atoms with E-state index < -0.39 is 6.09 Å². The fourth-order valence-corrected chi connectivity index (χ4v) is 1.54. The molecule has 0 atom stereocenters. The predicted octanol–water partition coefficient (Wildman–Crippen LogP) is 1.71. The summed E-state index contributed by atoms with van der Waals surface area (Å²) in [7, 11) is 0. The average molecular weight is 285 g/mol. The Kier molecular flexibility index (Phi) is 5.28. The molecule has 0 saturated carbocycles. The lowest BCUT2D eigenvalue weighted by Crippen LogP contribution is -2.24. The van der Waals surface area contributed by atoms with Gasteiger partial charge < -0.3 is 10.1 Å². The number of ether oxygens (including phenoxy) is 1. The fraction of sp³-hybridized carbons (Fsp3) is 0.133. The first-order valence-corrected chi connectivity index (χ1v) is 6.41. The largest absolute Gasteiger partial charge is 0.445 e. The molecule has 0 spiro atoms. The van der Waals surface area contributed by atoms with Gasteiger partial charge in [0, 0.05) is 12.6 Å². The summed E-state index contributed by atoms with van der Waals surface area (Å²) in [4.78, 5) is 22.3. The summed E-state index contributed by atoms with van der Waals surface area (Å²) in [6, 6.07) is 12.4. The summed E-state index contributed by atoms with van der Waals surface area (Å²) in [6.45, 7) is 0.548. The lowest BCUT2D eigenvalue weighted by Gasteiger charge is -2.05. The second kappa shape index (κ2) is 7.64. The summed E-state index contributed by atoms with van der Waals surface area (Å²) in [5, 5.41) is 8.71. The third-order valence-corrected chi connectivity index (χ3v) is 2.57. The van der Waals surface area contributed by atoms with Crippen molar-refractivity contribution in [2.45, 2.75) is 6.61 Å². The second-order valence-electron chi connectivity index (χ2n) is 4.19. The van der Waals surface area contributed by atoms with E-state index in [1.54, 1.807) is 18.2 Å². The van der Waals surface area contributed by atoms with E-state index in [1.165, 1.54) is 6.07 Å². The molecule has 2 aromatic rings. The zero-order valence-electron chi connectivity index (χ0n) is 11.3. The standard InChI is InChI=1S/C15H15N3O3/c19-14-9-8-13(17-18-14)7-4-10-16-15(20)21-11-12-5-2-1-3-6-12/h1-9H,10-11H2,(H,16,20)(H,18,19). The van der Waals surface area contributed by atoms with Crippen molar-refractivity contribution in [2.75, 3.05) is 6.54 Å². The summed E-state index contributed by atoms with van der Waals surface area (Å²) in [6.07, 6.45) is 2.91. The molecule has 6 heteroatoms. The van der Waals surface area contributed by atoms with Gasteiger partial charge in [-0.2, -0.15) is 5.10 Å². The molecule has 6 nitrogen and oxygen atoms in total. The Balaban J connectivity index is 1.69. The van der Waals surface area contributed by atoms with Gasteiger partial charge in [0.2, 0.25) is 0 Å². The van der Waals surface area contributed by atoms with Crippen LogP contribution in [0, 0.1) is 0 Å². The molecule has 0 aliphatic heterocycles. The minimum atomic E-state index is -0.488. The zero-order valence-corrected chi connectivity index (χ0v) is 11.3. The molecule has 0 aliphatic carbocycles. The topological polar surface area (TPSA) is 84.1 Å². The number of hydrogen-bond donors (Lipinski definition) is 2. The van der Waals surface area contributed by atoms with Gasteiger partial charge in [-0.15, -0.1) is 0 Å². The molecule has 0 radical (unpaired) electrons. The molecule has 108 valence electrons. The van der Waals surface area contributed by atoms with Crippen LogP contribution >= 0.6 is 0 Å². The van der Waals surface area contributed by atoms with E-state index in [0.29, 0.717) is 12.2 Å². The number of nitrogens with zero attached hydrogens (tertiary/aromatic N) is 1. The number of H-pyrrole nitrogens is 1. The first-order valence-electron chi connectivity index (χ1n) is 6.41. The third kappa shape index (κ3) is 5.32. The normalized spacial score (nSPS) is 10.5. The van der Waals surface area contributed by atoms with Gasteiger partial charge >= 0.3 is 6.09 Å². The fourth-order valence-electron chi connectivity index (χ4n) is 1.54. The smallest absolute Gasteiger partial charge is 0.407 e. The Bertz CT molecular complexity index is 645. The van der Waals surface area contributed by atoms with E-state index >= 15 is 0 Å². The third-order valence-electron chi connectivity index (χ3n) is 2.57. The minimum Gasteiger partial charge on any atom is -0.445 e. The summed E-state index contributed by atoms with van der Waals surface area (Å²) >= 11 is 0. The number of carbonyl (C=O) groups excluding carboxylic acids is 1. The molecular weight excluding hydrogens is 270 g/mol. The molecule has 0 aliphatic rings. The highest BCUT2D eigenvalue weighted by atomic mass is 16.5. The number of aromatic nitrogens is 2. The molecule has 2 rings (SSSR count). The Morgan fingerprint density at radius 1 is 1.24 bits per heavy atom. The van der Waals surface area contributed by atoms with Crippen LogP contribution in [0.3, 0.4) is 0 Å². The van der Waals surface area contributed by atoms with Gasteiger partial charge in [-0.1, -0.05) is 36.4 Å². The van der Waals surface area contributed by atoms with Crippen molar-refractivity contribution in [1.29, 1.82) is 0 Å². The molecule has 0 fully saturated rings. The molecule has 0 bridgehead atoms. The number of carbonyl (C=O) groups is 1. The Hall–Kier alpha value is -2.89. The SMILES string of the molecule is O=C(NCC=Cc1ccc(=O)[nH]n1)OCc1ccccc1. The Labute approximate surface area is 121 Å². The van der Waals surface area contributed by atoms with Gasteiger partial charge in [0.1, 0.15) is 6.61 Å². The van der Waals surface area contributed by atoms with Crippen LogP contribution in [0.4, 0.5) is 4.79 Å². The van der Waals surface area contributed by atoms with Crippen LogP contribution in [-0.2, 0) is 11.3 Å². The highest BCUT2D eigenvalue weighted by Crippen LogP contribution is 2.00. The van der Waals surface area contributed by atoms with Crippen molar-refractivity contribution in [3.8, 4) is 0 Å². The van der Waals surface area contributed by atoms with E-state index in [2.05, 4.69) is 15.5 Å². The molecular formula is C15H15N3O3. The van der Waals surface area contributed by atoms with E-state index in [1.807, 2.05) is 30.3 Å². The van der Waals surface area contributed by atoms with Crippen molar-refractivity contribution in [3.63, 3.8) is 0 Å². The second-order valence-corrected chi connectivity index (χ2v) is 4.19. The average Bonchev–Trinajstić information content (AvgIpc) is 2.52. The van der Waals surface area contributed by atoms with Crippen LogP contribution in [0.5, 0.6) is 0 Å². The minimum absolute atomic E-state index is 0.234. The maximum atomic E-state index is 11.4. The number of aromatic amines is 1. The number of amides is 1.